The first-order chi connectivity index (χ1) is 15.2. The van der Waals surface area contributed by atoms with E-state index >= 15 is 0 Å². The largest absolute Gasteiger partial charge is 0.493 e. The van der Waals surface area contributed by atoms with E-state index in [0.717, 1.165) is 36.4 Å². The molecule has 1 fully saturated rings. The molecule has 0 unspecified atom stereocenters. The van der Waals surface area contributed by atoms with E-state index < -0.39 is 0 Å². The summed E-state index contributed by atoms with van der Waals surface area (Å²) < 4.78 is 16.2. The smallest absolute Gasteiger partial charge is 0.273 e. The third-order valence-electron chi connectivity index (χ3n) is 5.59. The van der Waals surface area contributed by atoms with Crippen LogP contribution in [0.3, 0.4) is 0 Å². The molecule has 0 aliphatic carbocycles. The van der Waals surface area contributed by atoms with E-state index in [1.165, 1.54) is 6.42 Å². The zero-order chi connectivity index (χ0) is 21.6. The van der Waals surface area contributed by atoms with Gasteiger partial charge in [-0.3, -0.25) is 9.69 Å². The van der Waals surface area contributed by atoms with Gasteiger partial charge in [-0.15, -0.1) is 11.3 Å². The maximum atomic E-state index is 12.8. The van der Waals surface area contributed by atoms with E-state index in [2.05, 4.69) is 15.4 Å². The number of aromatic nitrogens is 1. The Morgan fingerprint density at radius 3 is 2.68 bits per heavy atom. The number of rotatable bonds is 8. The second kappa shape index (κ2) is 9.98. The minimum atomic E-state index is -0.242. The Morgan fingerprint density at radius 2 is 1.97 bits per heavy atom. The standard InChI is InChI=1S/C23H27N3O4S/c1-28-19-9-8-16(13-20(19)29-2)18(26-10-4-3-5-11-26)15-24-23(27)17-14-21(30-25-17)22-7-6-12-31-22/h6-9,12-14,18H,3-5,10-11,15H2,1-2H3,(H,24,27)/t18-/m1/s1. The monoisotopic (exact) mass is 441 g/mol. The summed E-state index contributed by atoms with van der Waals surface area (Å²) in [5.74, 6) is 1.74. The summed E-state index contributed by atoms with van der Waals surface area (Å²) in [5.41, 5.74) is 1.37. The average molecular weight is 442 g/mol. The lowest BCUT2D eigenvalue weighted by Crippen LogP contribution is -2.40. The van der Waals surface area contributed by atoms with Crippen LogP contribution in [-0.4, -0.2) is 49.8 Å². The highest BCUT2D eigenvalue weighted by molar-refractivity contribution is 7.13. The molecule has 1 aliphatic heterocycles. The number of nitrogens with zero attached hydrogens (tertiary/aromatic N) is 2. The Bertz CT molecular complexity index is 996. The van der Waals surface area contributed by atoms with Crippen molar-refractivity contribution in [1.29, 1.82) is 0 Å². The zero-order valence-electron chi connectivity index (χ0n) is 17.8. The molecule has 31 heavy (non-hydrogen) atoms. The number of carbonyl (C=O) groups excluding carboxylic acids is 1. The molecule has 2 aromatic heterocycles. The summed E-state index contributed by atoms with van der Waals surface area (Å²) >= 11 is 1.55. The molecule has 0 radical (unpaired) electrons. The van der Waals surface area contributed by atoms with Gasteiger partial charge in [-0.05, 0) is 55.1 Å². The van der Waals surface area contributed by atoms with Gasteiger partial charge in [0.25, 0.3) is 5.91 Å². The predicted octanol–water partition coefficient (Wildman–Crippen LogP) is 4.38. The lowest BCUT2D eigenvalue weighted by atomic mass is 10.0. The Labute approximate surface area is 185 Å². The van der Waals surface area contributed by atoms with Crippen molar-refractivity contribution in [3.63, 3.8) is 0 Å². The lowest BCUT2D eigenvalue weighted by Gasteiger charge is -2.35. The number of benzene rings is 1. The molecule has 0 saturated carbocycles. The highest BCUT2D eigenvalue weighted by Crippen LogP contribution is 2.33. The SMILES string of the molecule is COc1ccc([C@@H](CNC(=O)c2cc(-c3cccs3)on2)N2CCCCC2)cc1OC. The topological polar surface area (TPSA) is 76.8 Å². The summed E-state index contributed by atoms with van der Waals surface area (Å²) in [7, 11) is 3.26. The lowest BCUT2D eigenvalue weighted by molar-refractivity contribution is 0.0915. The molecule has 164 valence electrons. The maximum absolute atomic E-state index is 12.8. The first kappa shape index (κ1) is 21.4. The van der Waals surface area contributed by atoms with Crippen molar-refractivity contribution in [2.24, 2.45) is 0 Å². The third-order valence-corrected chi connectivity index (χ3v) is 6.47. The number of piperidine rings is 1. The van der Waals surface area contributed by atoms with Crippen molar-refractivity contribution in [2.75, 3.05) is 33.9 Å². The Kier molecular flexibility index (Phi) is 6.89. The Hall–Kier alpha value is -2.84. The Morgan fingerprint density at radius 1 is 1.16 bits per heavy atom. The molecule has 1 saturated heterocycles. The van der Waals surface area contributed by atoms with E-state index in [4.69, 9.17) is 14.0 Å². The van der Waals surface area contributed by atoms with Gasteiger partial charge in [0, 0.05) is 12.6 Å². The van der Waals surface area contributed by atoms with E-state index in [9.17, 15) is 4.79 Å². The fourth-order valence-corrected chi connectivity index (χ4v) is 4.62. The van der Waals surface area contributed by atoms with Crippen LogP contribution >= 0.6 is 11.3 Å². The molecule has 3 heterocycles. The number of methoxy groups -OCH3 is 2. The van der Waals surface area contributed by atoms with Crippen LogP contribution in [0, 0.1) is 0 Å². The van der Waals surface area contributed by atoms with Crippen LogP contribution < -0.4 is 14.8 Å². The molecule has 1 aromatic carbocycles. The summed E-state index contributed by atoms with van der Waals surface area (Å²) in [6.45, 7) is 2.47. The van der Waals surface area contributed by atoms with Gasteiger partial charge >= 0.3 is 0 Å². The summed E-state index contributed by atoms with van der Waals surface area (Å²) in [6.07, 6.45) is 3.56. The van der Waals surface area contributed by atoms with E-state index in [-0.39, 0.29) is 17.6 Å². The number of ether oxygens (including phenoxy) is 2. The van der Waals surface area contributed by atoms with Crippen molar-refractivity contribution in [1.82, 2.24) is 15.4 Å². The summed E-state index contributed by atoms with van der Waals surface area (Å²) in [6, 6.07) is 11.6. The summed E-state index contributed by atoms with van der Waals surface area (Å²) in [4.78, 5) is 16.1. The van der Waals surface area contributed by atoms with Crippen LogP contribution in [0.25, 0.3) is 10.6 Å². The first-order valence-corrected chi connectivity index (χ1v) is 11.3. The van der Waals surface area contributed by atoms with Gasteiger partial charge in [-0.25, -0.2) is 0 Å². The van der Waals surface area contributed by atoms with Crippen molar-refractivity contribution in [2.45, 2.75) is 25.3 Å². The van der Waals surface area contributed by atoms with Gasteiger partial charge in [0.1, 0.15) is 0 Å². The van der Waals surface area contributed by atoms with Crippen LogP contribution in [0.2, 0.25) is 0 Å². The summed E-state index contributed by atoms with van der Waals surface area (Å²) in [5, 5.41) is 8.96. The van der Waals surface area contributed by atoms with Crippen LogP contribution in [0.15, 0.2) is 46.3 Å². The normalized spacial score (nSPS) is 15.4. The van der Waals surface area contributed by atoms with Gasteiger partial charge in [-0.1, -0.05) is 23.7 Å². The molecule has 0 spiro atoms. The Balaban J connectivity index is 1.50. The second-order valence-corrected chi connectivity index (χ2v) is 8.44. The third kappa shape index (κ3) is 4.91. The molecule has 8 heteroatoms. The molecule has 1 atom stereocenters. The number of likely N-dealkylation sites (tertiary alicyclic amines) is 1. The van der Waals surface area contributed by atoms with Crippen molar-refractivity contribution >= 4 is 17.2 Å². The maximum Gasteiger partial charge on any atom is 0.273 e. The predicted molar refractivity (Wildman–Crippen MR) is 120 cm³/mol. The molecular weight excluding hydrogens is 414 g/mol. The number of thiophene rings is 1. The van der Waals surface area contributed by atoms with E-state index in [0.29, 0.717) is 23.8 Å². The van der Waals surface area contributed by atoms with Crippen molar-refractivity contribution in [3.8, 4) is 22.1 Å². The number of amides is 1. The number of nitrogens with one attached hydrogen (secondary N) is 1. The average Bonchev–Trinajstić information content (AvgIpc) is 3.52. The van der Waals surface area contributed by atoms with Crippen molar-refractivity contribution < 1.29 is 18.8 Å². The van der Waals surface area contributed by atoms with Crippen LogP contribution in [0.5, 0.6) is 11.5 Å². The molecule has 0 bridgehead atoms. The quantitative estimate of drug-likeness (QED) is 0.559. The van der Waals surface area contributed by atoms with Gasteiger partial charge < -0.3 is 19.3 Å². The number of carbonyl (C=O) groups is 1. The molecule has 1 aliphatic rings. The van der Waals surface area contributed by atoms with Crippen molar-refractivity contribution in [3.05, 3.63) is 53.0 Å². The van der Waals surface area contributed by atoms with Crippen LogP contribution in [0.1, 0.15) is 41.4 Å². The van der Waals surface area contributed by atoms with Gasteiger partial charge in [0.05, 0.1) is 25.1 Å². The molecule has 4 rings (SSSR count). The minimum absolute atomic E-state index is 0.0349. The first-order valence-electron chi connectivity index (χ1n) is 10.4. The molecule has 3 aromatic rings. The second-order valence-electron chi connectivity index (χ2n) is 7.49. The number of hydrogen-bond acceptors (Lipinski definition) is 7. The van der Waals surface area contributed by atoms with E-state index in [1.807, 2.05) is 35.7 Å². The van der Waals surface area contributed by atoms with Gasteiger partial charge in [-0.2, -0.15) is 0 Å². The highest BCUT2D eigenvalue weighted by atomic mass is 32.1. The minimum Gasteiger partial charge on any atom is -0.493 e. The fourth-order valence-electron chi connectivity index (χ4n) is 3.94. The van der Waals surface area contributed by atoms with Gasteiger partial charge in [0.15, 0.2) is 23.0 Å². The number of hydrogen-bond donors (Lipinski definition) is 1. The molecular formula is C23H27N3O4S. The zero-order valence-corrected chi connectivity index (χ0v) is 18.6. The molecule has 1 N–H and O–H groups in total. The van der Waals surface area contributed by atoms with Crippen LogP contribution in [-0.2, 0) is 0 Å². The molecule has 1 amide bonds. The van der Waals surface area contributed by atoms with Gasteiger partial charge in [0.2, 0.25) is 0 Å². The van der Waals surface area contributed by atoms with E-state index in [1.54, 1.807) is 31.6 Å². The molecule has 7 nitrogen and oxygen atoms in total. The van der Waals surface area contributed by atoms with Crippen LogP contribution in [0.4, 0.5) is 0 Å². The fraction of sp³-hybridized carbons (Fsp3) is 0.391. The highest BCUT2D eigenvalue weighted by Gasteiger charge is 2.25.